The molecule has 2 heterocycles. The van der Waals surface area contributed by atoms with Gasteiger partial charge in [0.05, 0.1) is 34.3 Å². The molecular weight excluding hydrogens is 402 g/mol. The Bertz CT molecular complexity index is 1410. The molecule has 4 aromatic rings. The summed E-state index contributed by atoms with van der Waals surface area (Å²) in [5.41, 5.74) is 2.49. The minimum Gasteiger partial charge on any atom is -0.481 e. The van der Waals surface area contributed by atoms with Crippen molar-refractivity contribution in [1.82, 2.24) is 13.5 Å². The summed E-state index contributed by atoms with van der Waals surface area (Å²) < 4.78 is 8.20. The molecule has 0 radical (unpaired) electrons. The minimum absolute atomic E-state index is 0.198. The van der Waals surface area contributed by atoms with Gasteiger partial charge in [-0.3, -0.25) is 18.7 Å². The van der Waals surface area contributed by atoms with Crippen molar-refractivity contribution in [1.29, 1.82) is 0 Å². The second-order valence-corrected chi connectivity index (χ2v) is 8.40. The van der Waals surface area contributed by atoms with Crippen LogP contribution in [-0.4, -0.2) is 24.6 Å². The van der Waals surface area contributed by atoms with Crippen LogP contribution in [0.1, 0.15) is 36.2 Å². The molecular formula is C22H21N3O4S. The third kappa shape index (κ3) is 3.33. The van der Waals surface area contributed by atoms with Gasteiger partial charge >= 0.3 is 11.7 Å². The zero-order valence-electron chi connectivity index (χ0n) is 16.9. The molecule has 2 aromatic heterocycles. The van der Waals surface area contributed by atoms with E-state index in [4.69, 9.17) is 5.11 Å². The summed E-state index contributed by atoms with van der Waals surface area (Å²) in [6.07, 6.45) is -0.314. The van der Waals surface area contributed by atoms with E-state index in [1.165, 1.54) is 16.1 Å². The maximum Gasteiger partial charge on any atom is 0.332 e. The van der Waals surface area contributed by atoms with Gasteiger partial charge in [-0.05, 0) is 61.6 Å². The number of rotatable bonds is 5. The maximum absolute atomic E-state index is 13.3. The second-order valence-electron chi connectivity index (χ2n) is 7.59. The molecule has 0 spiro atoms. The molecule has 0 aliphatic carbocycles. The van der Waals surface area contributed by atoms with E-state index in [1.807, 2.05) is 13.8 Å². The van der Waals surface area contributed by atoms with E-state index in [-0.39, 0.29) is 13.0 Å². The van der Waals surface area contributed by atoms with Crippen molar-refractivity contribution >= 4 is 38.5 Å². The first-order valence-electron chi connectivity index (χ1n) is 9.59. The molecule has 0 bridgehead atoms. The number of carbonyl (C=O) groups is 1. The zero-order chi connectivity index (χ0) is 21.6. The average Bonchev–Trinajstić information content (AvgIpc) is 3.07. The van der Waals surface area contributed by atoms with Crippen LogP contribution in [0, 0.1) is 13.8 Å². The minimum atomic E-state index is -1.06. The Morgan fingerprint density at radius 1 is 1.20 bits per heavy atom. The van der Waals surface area contributed by atoms with Gasteiger partial charge in [0.1, 0.15) is 0 Å². The summed E-state index contributed by atoms with van der Waals surface area (Å²) in [5.74, 6) is -1.06. The number of benzene rings is 2. The lowest BCUT2D eigenvalue weighted by Gasteiger charge is -2.17. The lowest BCUT2D eigenvalue weighted by Crippen LogP contribution is -2.42. The molecule has 154 valence electrons. The Kier molecular flexibility index (Phi) is 5.03. The first-order valence-corrected chi connectivity index (χ1v) is 10.4. The van der Waals surface area contributed by atoms with Crippen LogP contribution in [0.3, 0.4) is 0 Å². The Morgan fingerprint density at radius 2 is 1.93 bits per heavy atom. The van der Waals surface area contributed by atoms with Gasteiger partial charge in [-0.2, -0.15) is 4.37 Å². The number of carboxylic acid groups (broad SMARTS) is 1. The standard InChI is InChI=1S/C22H21N3O4S/c1-12-8-13(2)20-16(23-30-18(20)9-12)11-24-17-7-5-4-6-15(17)21(28)25(22(24)29)14(3)10-19(26)27/h4-9,14H,10-11H2,1-3H3,(H,26,27)/t14-/m1/s1. The zero-order valence-corrected chi connectivity index (χ0v) is 17.7. The Hall–Kier alpha value is -3.26. The first kappa shape index (κ1) is 20.0. The molecule has 0 amide bonds. The number of carboxylic acids is 1. The van der Waals surface area contributed by atoms with Gasteiger partial charge in [-0.15, -0.1) is 0 Å². The largest absolute Gasteiger partial charge is 0.481 e. The van der Waals surface area contributed by atoms with Crippen LogP contribution >= 0.6 is 11.5 Å². The Labute approximate surface area is 176 Å². The fourth-order valence-electron chi connectivity index (χ4n) is 4.00. The van der Waals surface area contributed by atoms with Crippen molar-refractivity contribution in [3.05, 3.63) is 74.1 Å². The van der Waals surface area contributed by atoms with Crippen molar-refractivity contribution in [3.63, 3.8) is 0 Å². The molecule has 8 heteroatoms. The summed E-state index contributed by atoms with van der Waals surface area (Å²) in [6, 6.07) is 10.3. The summed E-state index contributed by atoms with van der Waals surface area (Å²) in [6.45, 7) is 5.82. The number of fused-ring (bicyclic) bond motifs is 2. The predicted molar refractivity (Wildman–Crippen MR) is 118 cm³/mol. The van der Waals surface area contributed by atoms with Crippen LogP contribution in [0.4, 0.5) is 0 Å². The number of aromatic nitrogens is 3. The second kappa shape index (κ2) is 7.53. The summed E-state index contributed by atoms with van der Waals surface area (Å²) in [7, 11) is 0. The van der Waals surface area contributed by atoms with Gasteiger partial charge in [0, 0.05) is 11.4 Å². The third-order valence-electron chi connectivity index (χ3n) is 5.29. The molecule has 30 heavy (non-hydrogen) atoms. The quantitative estimate of drug-likeness (QED) is 0.530. The van der Waals surface area contributed by atoms with Crippen LogP contribution in [0.25, 0.3) is 21.0 Å². The highest BCUT2D eigenvalue weighted by molar-refractivity contribution is 7.13. The fraction of sp³-hybridized carbons (Fsp3) is 0.273. The van der Waals surface area contributed by atoms with Crippen LogP contribution < -0.4 is 11.2 Å². The topological polar surface area (TPSA) is 94.2 Å². The van der Waals surface area contributed by atoms with Gasteiger partial charge in [0.15, 0.2) is 0 Å². The van der Waals surface area contributed by atoms with Gasteiger partial charge in [0.2, 0.25) is 0 Å². The number of para-hydroxylation sites is 1. The average molecular weight is 423 g/mol. The van der Waals surface area contributed by atoms with E-state index in [0.29, 0.717) is 10.9 Å². The van der Waals surface area contributed by atoms with Crippen molar-refractivity contribution in [2.45, 2.75) is 39.8 Å². The molecule has 4 rings (SSSR count). The van der Waals surface area contributed by atoms with E-state index in [1.54, 1.807) is 31.2 Å². The summed E-state index contributed by atoms with van der Waals surface area (Å²) >= 11 is 1.38. The van der Waals surface area contributed by atoms with E-state index in [9.17, 15) is 14.4 Å². The van der Waals surface area contributed by atoms with Crippen molar-refractivity contribution in [3.8, 4) is 0 Å². The Balaban J connectivity index is 1.96. The molecule has 0 saturated carbocycles. The lowest BCUT2D eigenvalue weighted by molar-refractivity contribution is -0.137. The number of nitrogens with zero attached hydrogens (tertiary/aromatic N) is 3. The fourth-order valence-corrected chi connectivity index (χ4v) is 4.97. The number of hydrogen-bond acceptors (Lipinski definition) is 5. The molecule has 0 aliphatic heterocycles. The molecule has 1 N–H and O–H groups in total. The van der Waals surface area contributed by atoms with E-state index >= 15 is 0 Å². The molecule has 0 unspecified atom stereocenters. The van der Waals surface area contributed by atoms with E-state index in [2.05, 4.69) is 16.5 Å². The van der Waals surface area contributed by atoms with Gasteiger partial charge in [-0.25, -0.2) is 4.79 Å². The predicted octanol–water partition coefficient (Wildman–Crippen LogP) is 3.47. The van der Waals surface area contributed by atoms with Crippen LogP contribution in [0.2, 0.25) is 0 Å². The van der Waals surface area contributed by atoms with Crippen molar-refractivity contribution < 1.29 is 9.90 Å². The highest BCUT2D eigenvalue weighted by Crippen LogP contribution is 2.28. The molecule has 0 aliphatic rings. The van der Waals surface area contributed by atoms with Crippen molar-refractivity contribution in [2.24, 2.45) is 0 Å². The van der Waals surface area contributed by atoms with Crippen molar-refractivity contribution in [2.75, 3.05) is 0 Å². The smallest absolute Gasteiger partial charge is 0.332 e. The van der Waals surface area contributed by atoms with E-state index < -0.39 is 23.3 Å². The number of aryl methyl sites for hydroxylation is 2. The Morgan fingerprint density at radius 3 is 2.67 bits per heavy atom. The maximum atomic E-state index is 13.3. The van der Waals surface area contributed by atoms with Crippen LogP contribution in [0.15, 0.2) is 46.0 Å². The first-order chi connectivity index (χ1) is 14.3. The molecule has 0 fully saturated rings. The van der Waals surface area contributed by atoms with Crippen LogP contribution in [-0.2, 0) is 11.3 Å². The van der Waals surface area contributed by atoms with Crippen LogP contribution in [0.5, 0.6) is 0 Å². The summed E-state index contributed by atoms with van der Waals surface area (Å²) in [5, 5.41) is 10.5. The molecule has 2 aromatic carbocycles. The summed E-state index contributed by atoms with van der Waals surface area (Å²) in [4.78, 5) is 37.5. The molecule has 1 atom stereocenters. The molecule has 0 saturated heterocycles. The third-order valence-corrected chi connectivity index (χ3v) is 6.12. The monoisotopic (exact) mass is 423 g/mol. The highest BCUT2D eigenvalue weighted by atomic mass is 32.1. The van der Waals surface area contributed by atoms with Gasteiger partial charge in [-0.1, -0.05) is 18.2 Å². The number of hydrogen-bond donors (Lipinski definition) is 1. The number of aliphatic carboxylic acids is 1. The highest BCUT2D eigenvalue weighted by Gasteiger charge is 2.20. The SMILES string of the molecule is Cc1cc(C)c2c(Cn3c(=O)n([C@H](C)CC(=O)O)c(=O)c4ccccc43)nsc2c1. The molecule has 7 nitrogen and oxygen atoms in total. The van der Waals surface area contributed by atoms with Gasteiger partial charge in [0.25, 0.3) is 5.56 Å². The normalized spacial score (nSPS) is 12.5. The lowest BCUT2D eigenvalue weighted by atomic mass is 10.1. The van der Waals surface area contributed by atoms with E-state index in [0.717, 1.165) is 31.5 Å². The van der Waals surface area contributed by atoms with Gasteiger partial charge < -0.3 is 5.11 Å².